The van der Waals surface area contributed by atoms with Gasteiger partial charge in [0.2, 0.25) is 0 Å². The second kappa shape index (κ2) is 15.7. The van der Waals surface area contributed by atoms with Crippen LogP contribution < -0.4 is 10.6 Å². The molecule has 48 heavy (non-hydrogen) atoms. The lowest BCUT2D eigenvalue weighted by Crippen LogP contribution is -2.53. The Balaban J connectivity index is 1.04. The van der Waals surface area contributed by atoms with Crippen molar-refractivity contribution >= 4 is 110 Å². The topological polar surface area (TPSA) is 30.5 Å². The predicted molar refractivity (Wildman–Crippen MR) is 226 cm³/mol. The molecule has 0 saturated carbocycles. The third kappa shape index (κ3) is 7.34. The molecule has 2 saturated heterocycles. The number of rotatable bonds is 12. The van der Waals surface area contributed by atoms with Crippen molar-refractivity contribution in [2.75, 3.05) is 24.6 Å². The smallest absolute Gasteiger partial charge is 0.166 e. The van der Waals surface area contributed by atoms with Gasteiger partial charge in [-0.1, -0.05) is 110 Å². The molecule has 0 bridgehead atoms. The molecule has 2 N–H and O–H groups in total. The quantitative estimate of drug-likeness (QED) is 0.160. The van der Waals surface area contributed by atoms with Crippen LogP contribution >= 0.6 is 84.6 Å². The summed E-state index contributed by atoms with van der Waals surface area (Å²) in [6.07, 6.45) is 10.1. The summed E-state index contributed by atoms with van der Waals surface area (Å²) in [5, 5.41) is 7.60. The minimum atomic E-state index is -0.341. The maximum Gasteiger partial charge on any atom is 0.166 e. The molecular weight excluding hydrogens is 725 g/mol. The highest BCUT2D eigenvalue weighted by Gasteiger charge is 2.45. The van der Waals surface area contributed by atoms with Gasteiger partial charge < -0.3 is 20.4 Å². The summed E-state index contributed by atoms with van der Waals surface area (Å²) in [4.78, 5) is 10.8. The van der Waals surface area contributed by atoms with Crippen molar-refractivity contribution in [2.45, 2.75) is 63.5 Å². The van der Waals surface area contributed by atoms with Gasteiger partial charge >= 0.3 is 0 Å². The first-order chi connectivity index (χ1) is 23.1. The molecule has 252 valence electrons. The zero-order valence-electron chi connectivity index (χ0n) is 27.4. The van der Waals surface area contributed by atoms with Crippen molar-refractivity contribution in [3.63, 3.8) is 0 Å². The maximum atomic E-state index is 6.12. The Morgan fingerprint density at radius 3 is 1.48 bits per heavy atom. The van der Waals surface area contributed by atoms with Gasteiger partial charge in [0.15, 0.2) is 5.11 Å². The van der Waals surface area contributed by atoms with E-state index < -0.39 is 0 Å². The highest BCUT2D eigenvalue weighted by Crippen LogP contribution is 2.47. The summed E-state index contributed by atoms with van der Waals surface area (Å²) >= 11 is 33.7. The number of thioether (sulfide) groups is 2. The van der Waals surface area contributed by atoms with Crippen molar-refractivity contribution < 1.29 is 0 Å². The number of benzene rings is 2. The summed E-state index contributed by atoms with van der Waals surface area (Å²) < 4.78 is 0. The van der Waals surface area contributed by atoms with Gasteiger partial charge in [-0.3, -0.25) is 0 Å². The number of thiocarbonyl (C=S) groups is 5. The number of fused-ring (bicyclic) bond motifs is 2. The molecule has 0 aliphatic carbocycles. The number of nitrogens with one attached hydrogen (secondary N) is 2. The van der Waals surface area contributed by atoms with Crippen LogP contribution in [0.4, 0.5) is 0 Å². The molecule has 2 aromatic rings. The van der Waals surface area contributed by atoms with Crippen LogP contribution in [0.1, 0.15) is 63.5 Å². The summed E-state index contributed by atoms with van der Waals surface area (Å²) in [7, 11) is 0. The Morgan fingerprint density at radius 2 is 1.08 bits per heavy atom. The molecule has 4 unspecified atom stereocenters. The Morgan fingerprint density at radius 1 is 0.688 bits per heavy atom. The Bertz CT molecular complexity index is 1520. The zero-order valence-corrected chi connectivity index (χ0v) is 33.1. The molecule has 4 nitrogen and oxygen atoms in total. The van der Waals surface area contributed by atoms with Crippen molar-refractivity contribution in [1.29, 1.82) is 0 Å². The number of nitrogens with zero attached hydrogens (tertiary/aromatic N) is 2. The van der Waals surface area contributed by atoms with E-state index in [1.807, 2.05) is 23.5 Å². The van der Waals surface area contributed by atoms with Crippen molar-refractivity contribution in [2.24, 2.45) is 11.8 Å². The standard InChI is InChI=1S/C37H42N4S7/c1-36(25-11-5-3-6-12-25,40-31(42)23-29-27(33(40)44)15-21-47-29)17-9-19-38-35(46)39-20-10-18-37(2,26-13-7-4-8-14-26)41-32(43)24-30-28(34(41)45)16-22-48-30/h3-8,11-14,23-24,27-28H,9-10,15-22H2,1-2H3,(H2,38,39,46). The third-order valence-corrected chi connectivity index (χ3v) is 14.3. The minimum Gasteiger partial charge on any atom is -0.363 e. The summed E-state index contributed by atoms with van der Waals surface area (Å²) in [5.74, 6) is 2.81. The van der Waals surface area contributed by atoms with E-state index in [0.29, 0.717) is 16.9 Å². The van der Waals surface area contributed by atoms with Gasteiger partial charge in [-0.05, 0) is 109 Å². The molecule has 4 atom stereocenters. The highest BCUT2D eigenvalue weighted by atomic mass is 32.2. The SMILES string of the molecule is CC(CCCNC(=S)NCCCC(C)(c1ccccc1)N1C(=S)C=C2SCCC2C1=S)(c1ccccc1)N1C(=S)C=C2SCCC2C1=S. The van der Waals surface area contributed by atoms with E-state index in [0.717, 1.165) is 83.1 Å². The Kier molecular flexibility index (Phi) is 11.8. The lowest BCUT2D eigenvalue weighted by molar-refractivity contribution is 0.256. The fourth-order valence-electron chi connectivity index (χ4n) is 7.42. The van der Waals surface area contributed by atoms with Crippen LogP contribution in [0.15, 0.2) is 82.6 Å². The van der Waals surface area contributed by atoms with Crippen LogP contribution in [0.3, 0.4) is 0 Å². The molecular formula is C37H42N4S7. The average Bonchev–Trinajstić information content (AvgIpc) is 3.76. The summed E-state index contributed by atoms with van der Waals surface area (Å²) in [6, 6.07) is 21.3. The minimum absolute atomic E-state index is 0.301. The molecule has 0 spiro atoms. The molecule has 4 heterocycles. The number of hydrogen-bond donors (Lipinski definition) is 2. The lowest BCUT2D eigenvalue weighted by Gasteiger charge is -2.46. The van der Waals surface area contributed by atoms with Gasteiger partial charge in [-0.2, -0.15) is 0 Å². The maximum absolute atomic E-state index is 6.12. The van der Waals surface area contributed by atoms with E-state index >= 15 is 0 Å². The van der Waals surface area contributed by atoms with E-state index in [2.05, 4.69) is 107 Å². The largest absolute Gasteiger partial charge is 0.363 e. The molecule has 0 amide bonds. The van der Waals surface area contributed by atoms with Crippen LogP contribution in [0.25, 0.3) is 0 Å². The van der Waals surface area contributed by atoms with Crippen LogP contribution in [0.2, 0.25) is 0 Å². The first-order valence-corrected chi connectivity index (χ1v) is 20.7. The monoisotopic (exact) mass is 766 g/mol. The van der Waals surface area contributed by atoms with Gasteiger partial charge in [0, 0.05) is 24.9 Å². The van der Waals surface area contributed by atoms with E-state index in [-0.39, 0.29) is 11.1 Å². The average molecular weight is 767 g/mol. The van der Waals surface area contributed by atoms with Crippen LogP contribution in [-0.4, -0.2) is 59.5 Å². The second-order valence-electron chi connectivity index (χ2n) is 13.2. The second-order valence-corrected chi connectivity index (χ2v) is 17.6. The van der Waals surface area contributed by atoms with Crippen LogP contribution in [-0.2, 0) is 11.1 Å². The van der Waals surface area contributed by atoms with Gasteiger partial charge in [-0.15, -0.1) is 23.5 Å². The fraction of sp³-hybridized carbons (Fsp3) is 0.432. The first kappa shape index (κ1) is 36.1. The summed E-state index contributed by atoms with van der Waals surface area (Å²) in [5.41, 5.74) is 1.77. The molecule has 11 heteroatoms. The predicted octanol–water partition coefficient (Wildman–Crippen LogP) is 9.06. The normalized spacial score (nSPS) is 23.1. The third-order valence-electron chi connectivity index (χ3n) is 10.1. The van der Waals surface area contributed by atoms with Gasteiger partial charge in [0.1, 0.15) is 9.98 Å². The van der Waals surface area contributed by atoms with Crippen molar-refractivity contribution in [3.05, 3.63) is 93.8 Å². The van der Waals surface area contributed by atoms with Gasteiger partial charge in [0.25, 0.3) is 0 Å². The van der Waals surface area contributed by atoms with E-state index in [1.165, 1.54) is 20.9 Å². The molecule has 2 fully saturated rings. The van der Waals surface area contributed by atoms with E-state index in [9.17, 15) is 0 Å². The van der Waals surface area contributed by atoms with Gasteiger partial charge in [-0.25, -0.2) is 0 Å². The van der Waals surface area contributed by atoms with Crippen LogP contribution in [0, 0.1) is 11.8 Å². The molecule has 6 rings (SSSR count). The van der Waals surface area contributed by atoms with E-state index in [1.54, 1.807) is 0 Å². The molecule has 0 radical (unpaired) electrons. The number of hydrogen-bond acceptors (Lipinski definition) is 7. The molecule has 0 aromatic heterocycles. The molecule has 2 aromatic carbocycles. The van der Waals surface area contributed by atoms with Crippen LogP contribution in [0.5, 0.6) is 0 Å². The Hall–Kier alpha value is -1.73. The Labute approximate surface area is 321 Å². The summed E-state index contributed by atoms with van der Waals surface area (Å²) in [6.45, 7) is 6.08. The fourth-order valence-corrected chi connectivity index (χ4v) is 12.4. The highest BCUT2D eigenvalue weighted by molar-refractivity contribution is 8.03. The van der Waals surface area contributed by atoms with Gasteiger partial charge in [0.05, 0.1) is 21.1 Å². The zero-order chi connectivity index (χ0) is 33.9. The van der Waals surface area contributed by atoms with E-state index in [4.69, 9.17) is 61.1 Å². The van der Waals surface area contributed by atoms with Crippen molar-refractivity contribution in [1.82, 2.24) is 20.4 Å². The first-order valence-electron chi connectivity index (χ1n) is 16.7. The molecule has 4 aliphatic heterocycles. The van der Waals surface area contributed by atoms with Crippen molar-refractivity contribution in [3.8, 4) is 0 Å². The lowest BCUT2D eigenvalue weighted by atomic mass is 9.83. The molecule has 4 aliphatic rings.